The largest absolute Gasteiger partial charge is 0.467 e. The minimum Gasteiger partial charge on any atom is -0.467 e. The third-order valence-electron chi connectivity index (χ3n) is 8.11. The van der Waals surface area contributed by atoms with E-state index in [1.54, 1.807) is 13.2 Å². The summed E-state index contributed by atoms with van der Waals surface area (Å²) in [4.78, 5) is 23.7. The van der Waals surface area contributed by atoms with Crippen LogP contribution in [0.3, 0.4) is 0 Å². The molecule has 1 N–H and O–H groups in total. The van der Waals surface area contributed by atoms with Crippen molar-refractivity contribution in [3.63, 3.8) is 0 Å². The monoisotopic (exact) mass is 475 g/mol. The van der Waals surface area contributed by atoms with Gasteiger partial charge in [0.2, 0.25) is 0 Å². The van der Waals surface area contributed by atoms with Gasteiger partial charge in [-0.15, -0.1) is 0 Å². The molecule has 0 radical (unpaired) electrons. The first-order valence-electron chi connectivity index (χ1n) is 12.1. The van der Waals surface area contributed by atoms with E-state index in [9.17, 15) is 9.59 Å². The van der Waals surface area contributed by atoms with Crippen LogP contribution in [-0.2, 0) is 14.9 Å². The Morgan fingerprint density at radius 1 is 0.971 bits per heavy atom. The molecule has 4 aliphatic carbocycles. The van der Waals surface area contributed by atoms with Gasteiger partial charge in [0.1, 0.15) is 5.75 Å². The molecule has 6 heteroatoms. The van der Waals surface area contributed by atoms with Crippen molar-refractivity contribution in [3.8, 4) is 16.9 Å². The molecule has 4 saturated carbocycles. The van der Waals surface area contributed by atoms with Crippen molar-refractivity contribution in [2.24, 2.45) is 17.8 Å². The Balaban J connectivity index is 1.33. The number of thioether (sulfide) groups is 1. The van der Waals surface area contributed by atoms with E-state index in [0.717, 1.165) is 46.4 Å². The van der Waals surface area contributed by atoms with Gasteiger partial charge in [0.25, 0.3) is 11.1 Å². The number of hydrogen-bond donors (Lipinski definition) is 1. The smallest absolute Gasteiger partial charge is 0.290 e. The van der Waals surface area contributed by atoms with Crippen molar-refractivity contribution in [3.05, 3.63) is 58.5 Å². The lowest BCUT2D eigenvalue weighted by atomic mass is 9.48. The van der Waals surface area contributed by atoms with Crippen LogP contribution in [0.25, 0.3) is 17.2 Å². The second kappa shape index (κ2) is 8.58. The van der Waals surface area contributed by atoms with E-state index in [4.69, 9.17) is 9.47 Å². The fourth-order valence-electron chi connectivity index (χ4n) is 7.16. The molecule has 5 fully saturated rings. The van der Waals surface area contributed by atoms with E-state index in [1.807, 2.05) is 12.1 Å². The zero-order valence-corrected chi connectivity index (χ0v) is 20.2. The summed E-state index contributed by atoms with van der Waals surface area (Å²) in [5, 5.41) is 1.98. The quantitative estimate of drug-likeness (QED) is 0.402. The van der Waals surface area contributed by atoms with Crippen molar-refractivity contribution < 1.29 is 19.1 Å². The van der Waals surface area contributed by atoms with Crippen LogP contribution in [0, 0.1) is 17.8 Å². The first-order chi connectivity index (χ1) is 16.5. The van der Waals surface area contributed by atoms with Crippen LogP contribution in [0.1, 0.15) is 49.7 Å². The number of carbonyl (C=O) groups excluding carboxylic acids is 2. The maximum absolute atomic E-state index is 11.8. The summed E-state index contributed by atoms with van der Waals surface area (Å²) in [6, 6.07) is 14.8. The number of hydrogen-bond acceptors (Lipinski definition) is 5. The Kier molecular flexibility index (Phi) is 5.53. The minimum atomic E-state index is -0.328. The van der Waals surface area contributed by atoms with E-state index in [0.29, 0.717) is 4.91 Å². The van der Waals surface area contributed by atoms with Crippen LogP contribution in [0.2, 0.25) is 0 Å². The third kappa shape index (κ3) is 3.97. The van der Waals surface area contributed by atoms with E-state index in [-0.39, 0.29) is 23.4 Å². The summed E-state index contributed by atoms with van der Waals surface area (Å²) in [5.74, 6) is 3.20. The number of carbonyl (C=O) groups is 2. The number of methoxy groups -OCH3 is 1. The Morgan fingerprint density at radius 3 is 2.21 bits per heavy atom. The lowest BCUT2D eigenvalue weighted by Crippen LogP contribution is -2.48. The van der Waals surface area contributed by atoms with Gasteiger partial charge in [-0.3, -0.25) is 14.9 Å². The van der Waals surface area contributed by atoms with Crippen molar-refractivity contribution in [1.82, 2.24) is 5.32 Å². The van der Waals surface area contributed by atoms with Crippen molar-refractivity contribution >= 4 is 29.0 Å². The van der Waals surface area contributed by atoms with Crippen molar-refractivity contribution in [1.29, 1.82) is 0 Å². The first kappa shape index (κ1) is 21.9. The van der Waals surface area contributed by atoms with Crippen LogP contribution < -0.4 is 10.1 Å². The number of rotatable bonds is 6. The van der Waals surface area contributed by atoms with Crippen molar-refractivity contribution in [2.75, 3.05) is 13.9 Å². The van der Waals surface area contributed by atoms with Gasteiger partial charge >= 0.3 is 0 Å². The molecule has 176 valence electrons. The van der Waals surface area contributed by atoms with Gasteiger partial charge in [-0.25, -0.2) is 0 Å². The second-order valence-corrected chi connectivity index (χ2v) is 11.4. The Bertz CT molecular complexity index is 1130. The fourth-order valence-corrected chi connectivity index (χ4v) is 7.84. The van der Waals surface area contributed by atoms with Gasteiger partial charge in [-0.2, -0.15) is 0 Å². The second-order valence-electron chi connectivity index (χ2n) is 10.4. The molecule has 0 unspecified atom stereocenters. The van der Waals surface area contributed by atoms with Crippen LogP contribution in [0.4, 0.5) is 4.79 Å². The highest BCUT2D eigenvalue weighted by atomic mass is 32.2. The lowest BCUT2D eigenvalue weighted by molar-refractivity contribution is -0.115. The number of benzene rings is 2. The Morgan fingerprint density at radius 2 is 1.62 bits per heavy atom. The molecule has 2 aromatic carbocycles. The maximum atomic E-state index is 11.8. The van der Waals surface area contributed by atoms with Gasteiger partial charge in [0, 0.05) is 12.7 Å². The maximum Gasteiger partial charge on any atom is 0.290 e. The summed E-state index contributed by atoms with van der Waals surface area (Å²) in [5.41, 5.74) is 4.78. The molecule has 34 heavy (non-hydrogen) atoms. The summed E-state index contributed by atoms with van der Waals surface area (Å²) in [6.45, 7) is 0.260. The zero-order chi connectivity index (χ0) is 23.3. The van der Waals surface area contributed by atoms with E-state index in [1.165, 1.54) is 49.7 Å². The molecule has 7 rings (SSSR count). The summed E-state index contributed by atoms with van der Waals surface area (Å²) >= 11 is 0.944. The molecular weight excluding hydrogens is 446 g/mol. The predicted octanol–water partition coefficient (Wildman–Crippen LogP) is 6.13. The third-order valence-corrected chi connectivity index (χ3v) is 8.92. The Labute approximate surface area is 204 Å². The number of amides is 2. The summed E-state index contributed by atoms with van der Waals surface area (Å²) < 4.78 is 11.3. The van der Waals surface area contributed by atoms with Crippen LogP contribution in [0.5, 0.6) is 5.75 Å². The SMILES string of the molecule is COCOc1ccc(-c2ccc(/C=C3\SC(=O)NC3=O)cc2)cc1C12CC3CC(CC(C3)C1)C2. The highest BCUT2D eigenvalue weighted by Gasteiger charge is 2.52. The average molecular weight is 476 g/mol. The standard InChI is InChI=1S/C28H29NO4S/c1-32-16-33-24-7-6-22(12-23(24)28-13-18-8-19(14-28)10-20(9-18)15-28)21-4-2-17(3-5-21)11-25-26(30)29-27(31)34-25/h2-7,11-12,18-20H,8-10,13-16H2,1H3,(H,29,30,31)/b25-11-. The highest BCUT2D eigenvalue weighted by Crippen LogP contribution is 2.62. The summed E-state index contributed by atoms with van der Waals surface area (Å²) in [7, 11) is 1.67. The Hall–Kier alpha value is -2.57. The topological polar surface area (TPSA) is 64.6 Å². The van der Waals surface area contributed by atoms with Crippen LogP contribution in [0.15, 0.2) is 47.4 Å². The molecular formula is C28H29NO4S. The molecule has 2 aromatic rings. The minimum absolute atomic E-state index is 0.220. The van der Waals surface area contributed by atoms with E-state index >= 15 is 0 Å². The molecule has 5 aliphatic rings. The van der Waals surface area contributed by atoms with E-state index in [2.05, 4.69) is 35.6 Å². The highest BCUT2D eigenvalue weighted by molar-refractivity contribution is 8.18. The van der Waals surface area contributed by atoms with Gasteiger partial charge < -0.3 is 9.47 Å². The molecule has 2 amide bonds. The van der Waals surface area contributed by atoms with E-state index < -0.39 is 0 Å². The molecule has 4 bridgehead atoms. The zero-order valence-electron chi connectivity index (χ0n) is 19.3. The van der Waals surface area contributed by atoms with Gasteiger partial charge in [-0.05, 0) is 108 Å². The first-order valence-corrected chi connectivity index (χ1v) is 12.9. The average Bonchev–Trinajstić information content (AvgIpc) is 3.13. The normalized spacial score (nSPS) is 30.7. The number of ether oxygens (including phenoxy) is 2. The molecule has 0 atom stereocenters. The van der Waals surface area contributed by atoms with Crippen LogP contribution >= 0.6 is 11.8 Å². The van der Waals surface area contributed by atoms with Gasteiger partial charge in [0.15, 0.2) is 6.79 Å². The molecule has 1 saturated heterocycles. The lowest BCUT2D eigenvalue weighted by Gasteiger charge is -2.57. The number of nitrogens with one attached hydrogen (secondary N) is 1. The molecule has 5 nitrogen and oxygen atoms in total. The predicted molar refractivity (Wildman–Crippen MR) is 133 cm³/mol. The molecule has 1 heterocycles. The van der Waals surface area contributed by atoms with Gasteiger partial charge in [0.05, 0.1) is 4.91 Å². The molecule has 1 aliphatic heterocycles. The molecule has 0 aromatic heterocycles. The number of imide groups is 1. The molecule has 0 spiro atoms. The summed E-state index contributed by atoms with van der Waals surface area (Å²) in [6.07, 6.45) is 9.81. The fraction of sp³-hybridized carbons (Fsp3) is 0.429. The van der Waals surface area contributed by atoms with Crippen molar-refractivity contribution in [2.45, 2.75) is 43.9 Å². The van der Waals surface area contributed by atoms with Crippen LogP contribution in [-0.4, -0.2) is 25.0 Å². The van der Waals surface area contributed by atoms with Gasteiger partial charge in [-0.1, -0.05) is 30.3 Å².